The summed E-state index contributed by atoms with van der Waals surface area (Å²) in [6, 6.07) is 14.6. The molecule has 0 aromatic heterocycles. The van der Waals surface area contributed by atoms with Gasteiger partial charge in [-0.05, 0) is 29.7 Å². The average Bonchev–Trinajstić information content (AvgIpc) is 2.63. The van der Waals surface area contributed by atoms with E-state index >= 15 is 0 Å². The van der Waals surface area contributed by atoms with Gasteiger partial charge in [0.25, 0.3) is 0 Å². The van der Waals surface area contributed by atoms with Crippen LogP contribution in [-0.4, -0.2) is 18.0 Å². The summed E-state index contributed by atoms with van der Waals surface area (Å²) in [4.78, 5) is 0. The van der Waals surface area contributed by atoms with Crippen molar-refractivity contribution < 1.29 is 9.13 Å². The average molecular weight is 359 g/mol. The molecule has 0 saturated heterocycles. The number of thioether (sulfide) groups is 1. The minimum absolute atomic E-state index is 0.229. The van der Waals surface area contributed by atoms with E-state index in [4.69, 9.17) is 10.5 Å². The zero-order valence-corrected chi connectivity index (χ0v) is 15.0. The molecule has 2 aromatic carbocycles. The van der Waals surface area contributed by atoms with E-state index < -0.39 is 0 Å². The maximum atomic E-state index is 13.7. The molecule has 25 heavy (non-hydrogen) atoms. The van der Waals surface area contributed by atoms with Gasteiger partial charge in [-0.2, -0.15) is 5.10 Å². The maximum absolute atomic E-state index is 13.7. The van der Waals surface area contributed by atoms with Gasteiger partial charge in [0.15, 0.2) is 16.7 Å². The van der Waals surface area contributed by atoms with Crippen molar-refractivity contribution >= 4 is 23.1 Å². The number of unbranched alkanes of at least 4 members (excludes halogenated alkanes) is 1. The van der Waals surface area contributed by atoms with Crippen LogP contribution >= 0.6 is 11.8 Å². The first-order valence-corrected chi connectivity index (χ1v) is 9.13. The molecule has 2 aromatic rings. The fourth-order valence-corrected chi connectivity index (χ4v) is 2.56. The summed E-state index contributed by atoms with van der Waals surface area (Å²) in [5, 5.41) is 8.29. The molecular formula is C19H22FN3OS. The van der Waals surface area contributed by atoms with Crippen molar-refractivity contribution in [1.82, 2.24) is 0 Å². The molecule has 2 rings (SSSR count). The molecule has 0 radical (unpaired) electrons. The van der Waals surface area contributed by atoms with E-state index in [9.17, 15) is 4.39 Å². The summed E-state index contributed by atoms with van der Waals surface area (Å²) in [6.45, 7) is 2.55. The molecule has 0 heterocycles. The third kappa shape index (κ3) is 6.97. The summed E-state index contributed by atoms with van der Waals surface area (Å²) in [7, 11) is 0. The van der Waals surface area contributed by atoms with Crippen LogP contribution in [0.3, 0.4) is 0 Å². The Morgan fingerprint density at radius 2 is 2.04 bits per heavy atom. The fraction of sp³-hybridized carbons (Fsp3) is 0.263. The number of amidine groups is 1. The van der Waals surface area contributed by atoms with Crippen molar-refractivity contribution in [3.8, 4) is 5.75 Å². The lowest BCUT2D eigenvalue weighted by Gasteiger charge is -2.06. The van der Waals surface area contributed by atoms with Gasteiger partial charge in [0.05, 0.1) is 12.8 Å². The minimum Gasteiger partial charge on any atom is -0.490 e. The van der Waals surface area contributed by atoms with Crippen LogP contribution in [0.25, 0.3) is 0 Å². The SMILES string of the molecule is CCCCOc1cc(C=NN=C(N)SCc2ccccc2)ccc1F. The predicted molar refractivity (Wildman–Crippen MR) is 104 cm³/mol. The second-order valence-electron chi connectivity index (χ2n) is 5.35. The monoisotopic (exact) mass is 359 g/mol. The summed E-state index contributed by atoms with van der Waals surface area (Å²) < 4.78 is 19.1. The van der Waals surface area contributed by atoms with Crippen molar-refractivity contribution in [3.05, 3.63) is 65.5 Å². The van der Waals surface area contributed by atoms with Crippen molar-refractivity contribution in [1.29, 1.82) is 0 Å². The van der Waals surface area contributed by atoms with E-state index in [1.165, 1.54) is 29.6 Å². The molecule has 0 spiro atoms. The molecule has 6 heteroatoms. The molecule has 0 aliphatic heterocycles. The van der Waals surface area contributed by atoms with Crippen LogP contribution in [0.4, 0.5) is 4.39 Å². The largest absolute Gasteiger partial charge is 0.490 e. The Morgan fingerprint density at radius 3 is 2.80 bits per heavy atom. The lowest BCUT2D eigenvalue weighted by Crippen LogP contribution is -2.06. The van der Waals surface area contributed by atoms with Gasteiger partial charge in [-0.1, -0.05) is 61.5 Å². The van der Waals surface area contributed by atoms with E-state index in [0.29, 0.717) is 17.3 Å². The molecule has 0 aliphatic carbocycles. The lowest BCUT2D eigenvalue weighted by molar-refractivity contribution is 0.294. The molecule has 0 aliphatic rings. The van der Waals surface area contributed by atoms with Crippen molar-refractivity contribution in [3.63, 3.8) is 0 Å². The third-order valence-electron chi connectivity index (χ3n) is 3.30. The van der Waals surface area contributed by atoms with E-state index in [-0.39, 0.29) is 11.6 Å². The number of hydrogen-bond donors (Lipinski definition) is 1. The Kier molecular flexibility index (Phi) is 7.98. The van der Waals surface area contributed by atoms with Crippen LogP contribution < -0.4 is 10.5 Å². The first-order chi connectivity index (χ1) is 12.2. The molecule has 0 fully saturated rings. The predicted octanol–water partition coefficient (Wildman–Crippen LogP) is 4.59. The molecule has 0 amide bonds. The number of nitrogens with zero attached hydrogens (tertiary/aromatic N) is 2. The Morgan fingerprint density at radius 1 is 1.24 bits per heavy atom. The quantitative estimate of drug-likeness (QED) is 0.325. The van der Waals surface area contributed by atoms with Gasteiger partial charge in [-0.3, -0.25) is 0 Å². The molecule has 0 atom stereocenters. The fourth-order valence-electron chi connectivity index (χ4n) is 1.95. The topological polar surface area (TPSA) is 60.0 Å². The number of hydrogen-bond acceptors (Lipinski definition) is 4. The van der Waals surface area contributed by atoms with Crippen LogP contribution in [0.5, 0.6) is 5.75 Å². The molecule has 0 saturated carbocycles. The third-order valence-corrected chi connectivity index (χ3v) is 4.16. The van der Waals surface area contributed by atoms with Gasteiger partial charge in [-0.15, -0.1) is 5.10 Å². The zero-order valence-electron chi connectivity index (χ0n) is 14.2. The first-order valence-electron chi connectivity index (χ1n) is 8.14. The highest BCUT2D eigenvalue weighted by molar-refractivity contribution is 8.13. The van der Waals surface area contributed by atoms with E-state index in [0.717, 1.165) is 18.6 Å². The molecular weight excluding hydrogens is 337 g/mol. The minimum atomic E-state index is -0.380. The number of benzene rings is 2. The van der Waals surface area contributed by atoms with Crippen molar-refractivity contribution in [2.24, 2.45) is 15.9 Å². The highest BCUT2D eigenvalue weighted by Crippen LogP contribution is 2.18. The van der Waals surface area contributed by atoms with Crippen molar-refractivity contribution in [2.75, 3.05) is 6.61 Å². The summed E-state index contributed by atoms with van der Waals surface area (Å²) in [5.74, 6) is 0.583. The smallest absolute Gasteiger partial charge is 0.180 e. The molecule has 132 valence electrons. The lowest BCUT2D eigenvalue weighted by atomic mass is 10.2. The Bertz CT molecular complexity index is 720. The van der Waals surface area contributed by atoms with Gasteiger partial charge in [-0.25, -0.2) is 4.39 Å². The zero-order chi connectivity index (χ0) is 17.9. The summed E-state index contributed by atoms with van der Waals surface area (Å²) >= 11 is 1.41. The van der Waals surface area contributed by atoms with Crippen molar-refractivity contribution in [2.45, 2.75) is 25.5 Å². The second-order valence-corrected chi connectivity index (χ2v) is 6.34. The highest BCUT2D eigenvalue weighted by Gasteiger charge is 2.03. The molecule has 2 N–H and O–H groups in total. The van der Waals surface area contributed by atoms with Crippen LogP contribution in [0.15, 0.2) is 58.7 Å². The van der Waals surface area contributed by atoms with Crippen LogP contribution in [0, 0.1) is 5.82 Å². The second kappa shape index (κ2) is 10.5. The van der Waals surface area contributed by atoms with Gasteiger partial charge in [0.2, 0.25) is 0 Å². The van der Waals surface area contributed by atoms with E-state index in [2.05, 4.69) is 17.1 Å². The van der Waals surface area contributed by atoms with E-state index in [1.54, 1.807) is 12.1 Å². The highest BCUT2D eigenvalue weighted by atomic mass is 32.2. The van der Waals surface area contributed by atoms with Gasteiger partial charge in [0.1, 0.15) is 0 Å². The number of ether oxygens (including phenoxy) is 1. The molecule has 0 unspecified atom stereocenters. The van der Waals surface area contributed by atoms with Crippen LogP contribution in [0.2, 0.25) is 0 Å². The molecule has 0 bridgehead atoms. The Balaban J connectivity index is 1.90. The number of halogens is 1. The van der Waals surface area contributed by atoms with Crippen LogP contribution in [0.1, 0.15) is 30.9 Å². The maximum Gasteiger partial charge on any atom is 0.180 e. The number of rotatable bonds is 8. The van der Waals surface area contributed by atoms with Gasteiger partial charge >= 0.3 is 0 Å². The Labute approximate surface area is 152 Å². The molecule has 4 nitrogen and oxygen atoms in total. The normalized spacial score (nSPS) is 11.8. The van der Waals surface area contributed by atoms with Gasteiger partial charge in [0, 0.05) is 5.75 Å². The van der Waals surface area contributed by atoms with Crippen LogP contribution in [-0.2, 0) is 5.75 Å². The van der Waals surface area contributed by atoms with E-state index in [1.807, 2.05) is 30.3 Å². The summed E-state index contributed by atoms with van der Waals surface area (Å²) in [6.07, 6.45) is 3.41. The number of nitrogens with two attached hydrogens (primary N) is 1. The van der Waals surface area contributed by atoms with Gasteiger partial charge < -0.3 is 10.5 Å². The first kappa shape index (κ1) is 19.0. The summed E-state index contributed by atoms with van der Waals surface area (Å²) in [5.41, 5.74) is 7.71. The Hall–Kier alpha value is -2.34. The standard InChI is InChI=1S/C19H22FN3OS/c1-2-3-11-24-18-12-16(9-10-17(18)20)13-22-23-19(21)25-14-15-7-5-4-6-8-15/h4-10,12-13H,2-3,11,14H2,1H3,(H2,21,23).